The van der Waals surface area contributed by atoms with Gasteiger partial charge in [-0.15, -0.1) is 0 Å². The summed E-state index contributed by atoms with van der Waals surface area (Å²) in [6, 6.07) is 10.6. The molecule has 2 aromatic carbocycles. The van der Waals surface area contributed by atoms with Crippen molar-refractivity contribution in [1.29, 1.82) is 0 Å². The number of carbonyl (C=O) groups excluding carboxylic acids is 1. The van der Waals surface area contributed by atoms with Crippen LogP contribution in [0.1, 0.15) is 48.8 Å². The summed E-state index contributed by atoms with van der Waals surface area (Å²) in [6.45, 7) is 5.57. The van der Waals surface area contributed by atoms with Gasteiger partial charge in [0.15, 0.2) is 6.61 Å². The molecular weight excluding hydrogens is 400 g/mol. The quantitative estimate of drug-likeness (QED) is 0.688. The molecule has 1 aliphatic rings. The van der Waals surface area contributed by atoms with E-state index in [2.05, 4.69) is 10.0 Å². The lowest BCUT2D eigenvalue weighted by Gasteiger charge is -2.22. The van der Waals surface area contributed by atoms with Gasteiger partial charge in [0.1, 0.15) is 5.75 Å². The molecule has 0 unspecified atom stereocenters. The summed E-state index contributed by atoms with van der Waals surface area (Å²) >= 11 is 0. The van der Waals surface area contributed by atoms with E-state index in [0.717, 1.165) is 42.5 Å². The van der Waals surface area contributed by atoms with Crippen molar-refractivity contribution in [2.75, 3.05) is 11.9 Å². The number of hydrogen-bond donors (Lipinski definition) is 2. The van der Waals surface area contributed by atoms with Crippen molar-refractivity contribution >= 4 is 21.6 Å². The number of anilines is 1. The third kappa shape index (κ3) is 6.06. The second kappa shape index (κ2) is 9.62. The van der Waals surface area contributed by atoms with Crippen molar-refractivity contribution in [3.63, 3.8) is 0 Å². The number of amides is 1. The van der Waals surface area contributed by atoms with Crippen LogP contribution in [0.5, 0.6) is 5.75 Å². The van der Waals surface area contributed by atoms with E-state index in [1.807, 2.05) is 32.0 Å². The smallest absolute Gasteiger partial charge is 0.262 e. The summed E-state index contributed by atoms with van der Waals surface area (Å²) in [7, 11) is -3.56. The van der Waals surface area contributed by atoms with E-state index in [1.54, 1.807) is 19.1 Å². The number of sulfonamides is 1. The molecule has 0 spiro atoms. The zero-order valence-corrected chi connectivity index (χ0v) is 18.6. The predicted molar refractivity (Wildman–Crippen MR) is 118 cm³/mol. The van der Waals surface area contributed by atoms with Crippen molar-refractivity contribution in [3.8, 4) is 5.75 Å². The Hall–Kier alpha value is -2.38. The first-order valence-corrected chi connectivity index (χ1v) is 11.9. The molecule has 2 N–H and O–H groups in total. The molecule has 0 heterocycles. The number of rotatable bonds is 7. The molecule has 162 valence electrons. The zero-order valence-electron chi connectivity index (χ0n) is 17.8. The van der Waals surface area contributed by atoms with E-state index >= 15 is 0 Å². The summed E-state index contributed by atoms with van der Waals surface area (Å²) in [5, 5.41) is 2.82. The molecule has 6 nitrogen and oxygen atoms in total. The van der Waals surface area contributed by atoms with Crippen molar-refractivity contribution in [2.45, 2.75) is 63.8 Å². The van der Waals surface area contributed by atoms with E-state index < -0.39 is 10.0 Å². The maximum Gasteiger partial charge on any atom is 0.262 e. The zero-order chi connectivity index (χ0) is 21.7. The van der Waals surface area contributed by atoms with Crippen LogP contribution in [0.15, 0.2) is 41.3 Å². The number of benzene rings is 2. The van der Waals surface area contributed by atoms with Crippen LogP contribution in [0.3, 0.4) is 0 Å². The van der Waals surface area contributed by atoms with Gasteiger partial charge >= 0.3 is 0 Å². The molecule has 1 amide bonds. The Balaban J connectivity index is 1.60. The van der Waals surface area contributed by atoms with Gasteiger partial charge in [0.05, 0.1) is 4.90 Å². The van der Waals surface area contributed by atoms with Crippen molar-refractivity contribution in [3.05, 3.63) is 53.1 Å². The highest BCUT2D eigenvalue weighted by molar-refractivity contribution is 7.89. The van der Waals surface area contributed by atoms with Gasteiger partial charge in [0.2, 0.25) is 10.0 Å². The van der Waals surface area contributed by atoms with Crippen molar-refractivity contribution in [1.82, 2.24) is 4.72 Å². The Kier molecular flexibility index (Phi) is 7.15. The lowest BCUT2D eigenvalue weighted by Crippen LogP contribution is -2.36. The summed E-state index contributed by atoms with van der Waals surface area (Å²) in [5.41, 5.74) is 3.54. The fraction of sp³-hybridized carbons (Fsp3) is 0.435. The minimum atomic E-state index is -3.56. The Morgan fingerprint density at radius 3 is 2.30 bits per heavy atom. The molecule has 0 atom stereocenters. The lowest BCUT2D eigenvalue weighted by atomic mass is 9.96. The maximum absolute atomic E-state index is 12.7. The summed E-state index contributed by atoms with van der Waals surface area (Å²) < 4.78 is 33.8. The molecule has 0 saturated heterocycles. The van der Waals surface area contributed by atoms with E-state index in [1.165, 1.54) is 12.5 Å². The molecule has 30 heavy (non-hydrogen) atoms. The van der Waals surface area contributed by atoms with Gasteiger partial charge in [-0.05, 0) is 80.6 Å². The lowest BCUT2D eigenvalue weighted by molar-refractivity contribution is -0.118. The molecular formula is C23H30N2O4S. The van der Waals surface area contributed by atoms with Crippen LogP contribution in [0.25, 0.3) is 0 Å². The number of nitrogens with one attached hydrogen (secondary N) is 2. The SMILES string of the molecule is Cc1cc(C)cc(NC(=O)COc2ccc(S(=O)(=O)NC3CCCCC3)cc2C)c1. The number of carbonyl (C=O) groups is 1. The van der Waals surface area contributed by atoms with Crippen LogP contribution in [-0.4, -0.2) is 27.0 Å². The highest BCUT2D eigenvalue weighted by Crippen LogP contribution is 2.24. The highest BCUT2D eigenvalue weighted by Gasteiger charge is 2.22. The van der Waals surface area contributed by atoms with Gasteiger partial charge < -0.3 is 10.1 Å². The Morgan fingerprint density at radius 1 is 1.00 bits per heavy atom. The monoisotopic (exact) mass is 430 g/mol. The first-order valence-electron chi connectivity index (χ1n) is 10.4. The minimum absolute atomic E-state index is 0.00828. The molecule has 7 heteroatoms. The Bertz CT molecular complexity index is 992. The van der Waals surface area contributed by atoms with E-state index in [0.29, 0.717) is 11.3 Å². The predicted octanol–water partition coefficient (Wildman–Crippen LogP) is 4.24. The summed E-state index contributed by atoms with van der Waals surface area (Å²) in [5.74, 6) is 0.220. The molecule has 0 bridgehead atoms. The van der Waals surface area contributed by atoms with Crippen LogP contribution in [-0.2, 0) is 14.8 Å². The third-order valence-corrected chi connectivity index (χ3v) is 6.77. The molecule has 0 aromatic heterocycles. The van der Waals surface area contributed by atoms with Crippen LogP contribution in [0.4, 0.5) is 5.69 Å². The summed E-state index contributed by atoms with van der Waals surface area (Å²) in [6.07, 6.45) is 5.05. The van der Waals surface area contributed by atoms with Crippen molar-refractivity contribution < 1.29 is 17.9 Å². The largest absolute Gasteiger partial charge is 0.483 e. The molecule has 1 saturated carbocycles. The first-order chi connectivity index (χ1) is 14.2. The average Bonchev–Trinajstić information content (AvgIpc) is 2.66. The van der Waals surface area contributed by atoms with Crippen LogP contribution in [0, 0.1) is 20.8 Å². The molecule has 0 aliphatic heterocycles. The van der Waals surface area contributed by atoms with Gasteiger partial charge in [-0.2, -0.15) is 0 Å². The standard InChI is InChI=1S/C23H30N2O4S/c1-16-11-17(2)13-20(12-16)24-23(26)15-29-22-10-9-21(14-18(22)3)30(27,28)25-19-7-5-4-6-8-19/h9-14,19,25H,4-8,15H2,1-3H3,(H,24,26). The summed E-state index contributed by atoms with van der Waals surface area (Å²) in [4.78, 5) is 12.4. The fourth-order valence-electron chi connectivity index (χ4n) is 3.85. The van der Waals surface area contributed by atoms with E-state index in [9.17, 15) is 13.2 Å². The minimum Gasteiger partial charge on any atom is -0.483 e. The molecule has 3 rings (SSSR count). The third-order valence-electron chi connectivity index (χ3n) is 5.25. The van der Waals surface area contributed by atoms with Gasteiger partial charge in [0, 0.05) is 11.7 Å². The van der Waals surface area contributed by atoms with Gasteiger partial charge in [-0.3, -0.25) is 4.79 Å². The van der Waals surface area contributed by atoms with E-state index in [4.69, 9.17) is 4.74 Å². The average molecular weight is 431 g/mol. The Labute approximate surface area is 179 Å². The van der Waals surface area contributed by atoms with Crippen LogP contribution in [0.2, 0.25) is 0 Å². The second-order valence-corrected chi connectivity index (χ2v) is 9.81. The number of hydrogen-bond acceptors (Lipinski definition) is 4. The highest BCUT2D eigenvalue weighted by atomic mass is 32.2. The van der Waals surface area contributed by atoms with E-state index in [-0.39, 0.29) is 23.5 Å². The molecule has 0 radical (unpaired) electrons. The molecule has 1 fully saturated rings. The van der Waals surface area contributed by atoms with Gasteiger partial charge in [-0.25, -0.2) is 13.1 Å². The van der Waals surface area contributed by atoms with Crippen LogP contribution >= 0.6 is 0 Å². The normalized spacial score (nSPS) is 15.0. The number of ether oxygens (including phenoxy) is 1. The topological polar surface area (TPSA) is 84.5 Å². The molecule has 2 aromatic rings. The fourth-order valence-corrected chi connectivity index (χ4v) is 5.24. The number of aryl methyl sites for hydroxylation is 3. The second-order valence-electron chi connectivity index (χ2n) is 8.10. The first kappa shape index (κ1) is 22.3. The van der Waals surface area contributed by atoms with Gasteiger partial charge in [0.25, 0.3) is 5.91 Å². The molecule has 1 aliphatic carbocycles. The Morgan fingerprint density at radius 2 is 1.67 bits per heavy atom. The van der Waals surface area contributed by atoms with Crippen LogP contribution < -0.4 is 14.8 Å². The maximum atomic E-state index is 12.7. The van der Waals surface area contributed by atoms with Crippen molar-refractivity contribution in [2.24, 2.45) is 0 Å². The van der Waals surface area contributed by atoms with Gasteiger partial charge in [-0.1, -0.05) is 25.3 Å².